The molecular weight excluding hydrogens is 286 g/mol. The van der Waals surface area contributed by atoms with Gasteiger partial charge in [0.15, 0.2) is 5.82 Å². The number of hydrazine groups is 1. The Bertz CT molecular complexity index is 786. The van der Waals surface area contributed by atoms with E-state index in [4.69, 9.17) is 11.6 Å². The Hall–Kier alpha value is -2.37. The summed E-state index contributed by atoms with van der Waals surface area (Å²) in [5, 5.41) is 7.62. The zero-order valence-corrected chi connectivity index (χ0v) is 11.7. The van der Waals surface area contributed by atoms with Gasteiger partial charge < -0.3 is 5.43 Å². The maximum atomic E-state index is 6.45. The van der Waals surface area contributed by atoms with E-state index >= 15 is 0 Å². The highest BCUT2D eigenvalue weighted by atomic mass is 35.5. The molecule has 0 bridgehead atoms. The van der Waals surface area contributed by atoms with Crippen molar-refractivity contribution in [1.29, 1.82) is 0 Å². The van der Waals surface area contributed by atoms with Crippen LogP contribution in [0.4, 0.5) is 5.69 Å². The number of benzene rings is 2. The number of para-hydroxylation sites is 1. The fourth-order valence-electron chi connectivity index (χ4n) is 2.83. The first-order valence-electron chi connectivity index (χ1n) is 6.56. The molecule has 6 heteroatoms. The largest absolute Gasteiger partial charge is 0.320 e. The van der Waals surface area contributed by atoms with Crippen molar-refractivity contribution in [2.75, 3.05) is 5.43 Å². The third-order valence-electron chi connectivity index (χ3n) is 3.76. The first kappa shape index (κ1) is 12.4. The maximum Gasteiger partial charge on any atom is 0.155 e. The summed E-state index contributed by atoms with van der Waals surface area (Å²) < 4.78 is 0. The Morgan fingerprint density at radius 3 is 2.48 bits per heavy atom. The first-order chi connectivity index (χ1) is 10.3. The second kappa shape index (κ2) is 4.58. The summed E-state index contributed by atoms with van der Waals surface area (Å²) in [6, 6.07) is 15.8. The fourth-order valence-corrected chi connectivity index (χ4v) is 3.10. The van der Waals surface area contributed by atoms with Gasteiger partial charge in [-0.1, -0.05) is 48.0 Å². The molecule has 104 valence electrons. The van der Waals surface area contributed by atoms with Gasteiger partial charge >= 0.3 is 0 Å². The highest BCUT2D eigenvalue weighted by molar-refractivity contribution is 6.31. The highest BCUT2D eigenvalue weighted by Crippen LogP contribution is 2.44. The van der Waals surface area contributed by atoms with Crippen LogP contribution in [0.1, 0.15) is 17.0 Å². The van der Waals surface area contributed by atoms with Gasteiger partial charge in [0.05, 0.1) is 5.69 Å². The second-order valence-electron chi connectivity index (χ2n) is 4.86. The van der Waals surface area contributed by atoms with Crippen LogP contribution in [-0.4, -0.2) is 15.2 Å². The normalized spacial score (nSPS) is 20.0. The molecule has 0 aliphatic carbocycles. The summed E-state index contributed by atoms with van der Waals surface area (Å²) in [5.74, 6) is 0.688. The minimum absolute atomic E-state index is 0.667. The van der Waals surface area contributed by atoms with E-state index in [0.717, 1.165) is 16.8 Å². The van der Waals surface area contributed by atoms with Gasteiger partial charge in [-0.2, -0.15) is 5.10 Å². The molecular formula is C15H12ClN5. The van der Waals surface area contributed by atoms with E-state index in [1.807, 2.05) is 48.5 Å². The van der Waals surface area contributed by atoms with Gasteiger partial charge in [-0.25, -0.2) is 10.4 Å². The lowest BCUT2D eigenvalue weighted by atomic mass is 9.83. The number of aromatic amines is 1. The molecule has 1 aromatic heterocycles. The van der Waals surface area contributed by atoms with Crippen LogP contribution in [0.2, 0.25) is 5.02 Å². The Labute approximate surface area is 126 Å². The van der Waals surface area contributed by atoms with Crippen molar-refractivity contribution in [3.05, 3.63) is 76.8 Å². The molecule has 1 aliphatic heterocycles. The van der Waals surface area contributed by atoms with E-state index in [9.17, 15) is 0 Å². The van der Waals surface area contributed by atoms with Crippen molar-refractivity contribution in [2.45, 2.75) is 5.54 Å². The van der Waals surface area contributed by atoms with Crippen LogP contribution < -0.4 is 10.9 Å². The van der Waals surface area contributed by atoms with Crippen LogP contribution >= 0.6 is 11.6 Å². The standard InChI is InChI=1S/C15H12ClN5/c16-12-7-3-1-5-10(12)15(14-17-9-18-20-14)11-6-2-4-8-13(11)19-21-15/h1-9,19,21H,(H,17,18,20). The lowest BCUT2D eigenvalue weighted by Gasteiger charge is -2.28. The number of hydrogen-bond donors (Lipinski definition) is 3. The molecule has 4 rings (SSSR count). The summed E-state index contributed by atoms with van der Waals surface area (Å²) in [7, 11) is 0. The van der Waals surface area contributed by atoms with Crippen LogP contribution in [-0.2, 0) is 5.54 Å². The van der Waals surface area contributed by atoms with E-state index in [0.29, 0.717) is 10.8 Å². The number of fused-ring (bicyclic) bond motifs is 1. The Kier molecular flexibility index (Phi) is 2.70. The smallest absolute Gasteiger partial charge is 0.155 e. The molecule has 1 unspecified atom stereocenters. The summed E-state index contributed by atoms with van der Waals surface area (Å²) in [6.07, 6.45) is 1.50. The van der Waals surface area contributed by atoms with E-state index in [-0.39, 0.29) is 0 Å². The van der Waals surface area contributed by atoms with Gasteiger partial charge in [0.1, 0.15) is 11.9 Å². The number of nitrogens with zero attached hydrogens (tertiary/aromatic N) is 2. The summed E-state index contributed by atoms with van der Waals surface area (Å²) in [4.78, 5) is 4.36. The van der Waals surface area contributed by atoms with Crippen LogP contribution in [0.15, 0.2) is 54.9 Å². The Morgan fingerprint density at radius 1 is 0.952 bits per heavy atom. The van der Waals surface area contributed by atoms with Gasteiger partial charge in [-0.05, 0) is 12.1 Å². The van der Waals surface area contributed by atoms with E-state index in [1.165, 1.54) is 6.33 Å². The Morgan fingerprint density at radius 2 is 1.71 bits per heavy atom. The van der Waals surface area contributed by atoms with E-state index < -0.39 is 5.54 Å². The molecule has 0 amide bonds. The van der Waals surface area contributed by atoms with Gasteiger partial charge in [0.2, 0.25) is 0 Å². The third kappa shape index (κ3) is 1.68. The fraction of sp³-hybridized carbons (Fsp3) is 0.0667. The molecule has 2 aromatic carbocycles. The Balaban J connectivity index is 2.05. The maximum absolute atomic E-state index is 6.45. The lowest BCUT2D eigenvalue weighted by molar-refractivity contribution is 0.521. The van der Waals surface area contributed by atoms with Crippen molar-refractivity contribution in [3.63, 3.8) is 0 Å². The molecule has 1 aliphatic rings. The minimum Gasteiger partial charge on any atom is -0.320 e. The molecule has 0 saturated carbocycles. The van der Waals surface area contributed by atoms with Crippen LogP contribution in [0.25, 0.3) is 0 Å². The number of aromatic nitrogens is 3. The second-order valence-corrected chi connectivity index (χ2v) is 5.27. The monoisotopic (exact) mass is 297 g/mol. The van der Waals surface area contributed by atoms with Crippen molar-refractivity contribution in [3.8, 4) is 0 Å². The van der Waals surface area contributed by atoms with Gasteiger partial charge in [0.25, 0.3) is 0 Å². The molecule has 1 atom stereocenters. The predicted molar refractivity (Wildman–Crippen MR) is 80.9 cm³/mol. The van der Waals surface area contributed by atoms with E-state index in [1.54, 1.807) is 0 Å². The first-order valence-corrected chi connectivity index (χ1v) is 6.94. The van der Waals surface area contributed by atoms with Crippen LogP contribution in [0.3, 0.4) is 0 Å². The number of anilines is 1. The van der Waals surface area contributed by atoms with Gasteiger partial charge in [0, 0.05) is 16.1 Å². The number of nitrogens with one attached hydrogen (secondary N) is 3. The van der Waals surface area contributed by atoms with Crippen LogP contribution in [0, 0.1) is 0 Å². The number of H-pyrrole nitrogens is 1. The molecule has 21 heavy (non-hydrogen) atoms. The molecule has 3 N–H and O–H groups in total. The molecule has 0 spiro atoms. The van der Waals surface area contributed by atoms with E-state index in [2.05, 4.69) is 26.0 Å². The minimum atomic E-state index is -0.689. The quantitative estimate of drug-likeness (QED) is 0.680. The molecule has 3 aromatic rings. The zero-order chi connectivity index (χ0) is 14.3. The summed E-state index contributed by atoms with van der Waals surface area (Å²) in [6.45, 7) is 0. The number of hydrogen-bond acceptors (Lipinski definition) is 4. The highest BCUT2D eigenvalue weighted by Gasteiger charge is 2.45. The average Bonchev–Trinajstić information content (AvgIpc) is 3.16. The molecule has 0 radical (unpaired) electrons. The SMILES string of the molecule is Clc1ccccc1C1(c2ncn[nH]2)NNc2ccccc21. The van der Waals surface area contributed by atoms with Crippen molar-refractivity contribution in [2.24, 2.45) is 0 Å². The summed E-state index contributed by atoms with van der Waals surface area (Å²) >= 11 is 6.45. The third-order valence-corrected chi connectivity index (χ3v) is 4.09. The predicted octanol–water partition coefficient (Wildman–Crippen LogP) is 2.68. The topological polar surface area (TPSA) is 65.6 Å². The van der Waals surface area contributed by atoms with Gasteiger partial charge in [-0.15, -0.1) is 0 Å². The summed E-state index contributed by atoms with van der Waals surface area (Å²) in [5.41, 5.74) is 8.81. The number of halogens is 1. The molecule has 0 saturated heterocycles. The van der Waals surface area contributed by atoms with Crippen molar-refractivity contribution < 1.29 is 0 Å². The molecule has 2 heterocycles. The molecule has 5 nitrogen and oxygen atoms in total. The van der Waals surface area contributed by atoms with Crippen LogP contribution in [0.5, 0.6) is 0 Å². The van der Waals surface area contributed by atoms with Crippen molar-refractivity contribution >= 4 is 17.3 Å². The van der Waals surface area contributed by atoms with Gasteiger partial charge in [-0.3, -0.25) is 5.10 Å². The lowest BCUT2D eigenvalue weighted by Crippen LogP contribution is -2.43. The van der Waals surface area contributed by atoms with Crippen molar-refractivity contribution in [1.82, 2.24) is 20.6 Å². The average molecular weight is 298 g/mol. The zero-order valence-electron chi connectivity index (χ0n) is 11.0. The number of rotatable bonds is 2. The molecule has 0 fully saturated rings.